The molecule has 0 aromatic rings. The minimum atomic E-state index is -0.995. The molecule has 1 aliphatic rings. The maximum absolute atomic E-state index is 12.4. The summed E-state index contributed by atoms with van der Waals surface area (Å²) >= 11 is 0. The highest BCUT2D eigenvalue weighted by Crippen LogP contribution is 2.23. The summed E-state index contributed by atoms with van der Waals surface area (Å²) in [7, 11) is 0. The van der Waals surface area contributed by atoms with Crippen molar-refractivity contribution >= 4 is 12.0 Å². The topological polar surface area (TPSA) is 70.1 Å². The fourth-order valence-electron chi connectivity index (χ4n) is 2.64. The summed E-state index contributed by atoms with van der Waals surface area (Å²) in [5.41, 5.74) is -0.646. The lowest BCUT2D eigenvalue weighted by atomic mass is 9.88. The van der Waals surface area contributed by atoms with Crippen molar-refractivity contribution in [2.45, 2.75) is 72.6 Å². The Bertz CT molecular complexity index is 437. The van der Waals surface area contributed by atoms with Crippen LogP contribution in [0.1, 0.15) is 54.9 Å². The van der Waals surface area contributed by atoms with E-state index in [9.17, 15) is 14.7 Å². The van der Waals surface area contributed by atoms with E-state index in [0.29, 0.717) is 26.1 Å². The Morgan fingerprint density at radius 3 is 2.17 bits per heavy atom. The summed E-state index contributed by atoms with van der Waals surface area (Å²) in [5.74, 6) is -0.253. The Balaban J connectivity index is 2.62. The van der Waals surface area contributed by atoms with Gasteiger partial charge in [0.1, 0.15) is 11.7 Å². The monoisotopic (exact) mass is 328 g/mol. The number of carbonyl (C=O) groups excluding carboxylic acids is 2. The molecule has 0 bridgehead atoms. The van der Waals surface area contributed by atoms with Crippen LogP contribution < -0.4 is 0 Å². The zero-order valence-corrected chi connectivity index (χ0v) is 15.5. The number of hydrogen-bond acceptors (Lipinski definition) is 4. The van der Waals surface area contributed by atoms with Crippen LogP contribution in [0.15, 0.2) is 0 Å². The predicted molar refractivity (Wildman–Crippen MR) is 89.1 cm³/mol. The molecule has 0 aliphatic carbocycles. The van der Waals surface area contributed by atoms with E-state index in [2.05, 4.69) is 0 Å². The second-order valence-corrected chi connectivity index (χ2v) is 8.59. The third-order valence-electron chi connectivity index (χ3n) is 3.65. The van der Waals surface area contributed by atoms with E-state index < -0.39 is 11.7 Å². The molecule has 0 unspecified atom stereocenters. The molecule has 1 heterocycles. The largest absolute Gasteiger partial charge is 0.444 e. The summed E-state index contributed by atoms with van der Waals surface area (Å²) in [4.78, 5) is 27.8. The molecule has 0 radical (unpaired) electrons. The van der Waals surface area contributed by atoms with Crippen LogP contribution >= 0.6 is 0 Å². The Labute approximate surface area is 139 Å². The van der Waals surface area contributed by atoms with Crippen molar-refractivity contribution in [3.63, 3.8) is 0 Å². The first-order valence-electron chi connectivity index (χ1n) is 8.26. The highest BCUT2D eigenvalue weighted by molar-refractivity contribution is 5.81. The predicted octanol–water partition coefficient (Wildman–Crippen LogP) is 2.25. The van der Waals surface area contributed by atoms with Crippen LogP contribution in [0.25, 0.3) is 0 Å². The van der Waals surface area contributed by atoms with Gasteiger partial charge in [-0.1, -0.05) is 20.8 Å². The molecular formula is C17H32N2O4. The highest BCUT2D eigenvalue weighted by atomic mass is 16.6. The van der Waals surface area contributed by atoms with Gasteiger partial charge in [0.15, 0.2) is 0 Å². The third-order valence-corrected chi connectivity index (χ3v) is 3.65. The van der Waals surface area contributed by atoms with E-state index in [0.717, 1.165) is 0 Å². The number of aliphatic hydroxyl groups is 1. The van der Waals surface area contributed by atoms with E-state index in [-0.39, 0.29) is 23.5 Å². The number of ether oxygens (including phenoxy) is 1. The number of piperazine rings is 1. The van der Waals surface area contributed by atoms with Gasteiger partial charge in [-0.3, -0.25) is 4.79 Å². The molecule has 23 heavy (non-hydrogen) atoms. The lowest BCUT2D eigenvalue weighted by molar-refractivity contribution is -0.146. The van der Waals surface area contributed by atoms with E-state index >= 15 is 0 Å². The molecule has 0 saturated carbocycles. The van der Waals surface area contributed by atoms with Crippen molar-refractivity contribution in [2.24, 2.45) is 5.41 Å². The molecule has 2 atom stereocenters. The van der Waals surface area contributed by atoms with Crippen LogP contribution in [0.2, 0.25) is 0 Å². The van der Waals surface area contributed by atoms with Gasteiger partial charge in [-0.05, 0) is 39.5 Å². The van der Waals surface area contributed by atoms with Crippen LogP contribution in [-0.2, 0) is 9.53 Å². The summed E-state index contributed by atoms with van der Waals surface area (Å²) in [6.07, 6.45) is -0.928. The average Bonchev–Trinajstić information content (AvgIpc) is 2.33. The first-order chi connectivity index (χ1) is 10.3. The molecule has 2 amide bonds. The minimum absolute atomic E-state index is 0.114. The van der Waals surface area contributed by atoms with Gasteiger partial charge in [-0.25, -0.2) is 4.79 Å². The second kappa shape index (κ2) is 7.07. The highest BCUT2D eigenvalue weighted by Gasteiger charge is 2.35. The van der Waals surface area contributed by atoms with Crippen molar-refractivity contribution in [3.8, 4) is 0 Å². The van der Waals surface area contributed by atoms with Gasteiger partial charge < -0.3 is 19.6 Å². The Morgan fingerprint density at radius 2 is 1.74 bits per heavy atom. The van der Waals surface area contributed by atoms with Crippen LogP contribution in [0.3, 0.4) is 0 Å². The number of aliphatic hydroxyl groups excluding tert-OH is 1. The van der Waals surface area contributed by atoms with Crippen molar-refractivity contribution in [2.75, 3.05) is 19.6 Å². The molecule has 1 fully saturated rings. The lowest BCUT2D eigenvalue weighted by Crippen LogP contribution is -2.58. The molecule has 6 heteroatoms. The molecule has 1 rings (SSSR count). The maximum atomic E-state index is 12.4. The standard InChI is InChI=1S/C17H32N2O4/c1-12-11-18(15(22)23-17(5,6)7)8-9-19(12)14(21)13(20)10-16(2,3)4/h12-13,20H,8-11H2,1-7H3/t12-,13+/m0/s1. The van der Waals surface area contributed by atoms with Crippen molar-refractivity contribution in [1.29, 1.82) is 0 Å². The Morgan fingerprint density at radius 1 is 1.17 bits per heavy atom. The number of amides is 2. The lowest BCUT2D eigenvalue weighted by Gasteiger charge is -2.41. The normalized spacial score (nSPS) is 21.1. The minimum Gasteiger partial charge on any atom is -0.444 e. The summed E-state index contributed by atoms with van der Waals surface area (Å²) < 4.78 is 5.37. The van der Waals surface area contributed by atoms with E-state index in [1.165, 1.54) is 0 Å². The molecule has 0 spiro atoms. The summed E-state index contributed by atoms with van der Waals surface area (Å²) in [6.45, 7) is 14.6. The summed E-state index contributed by atoms with van der Waals surface area (Å²) in [5, 5.41) is 10.2. The van der Waals surface area contributed by atoms with E-state index in [1.807, 2.05) is 48.5 Å². The van der Waals surface area contributed by atoms with Crippen LogP contribution in [-0.4, -0.2) is 64.3 Å². The summed E-state index contributed by atoms with van der Waals surface area (Å²) in [6, 6.07) is -0.140. The first-order valence-corrected chi connectivity index (χ1v) is 8.26. The number of rotatable bonds is 2. The first kappa shape index (κ1) is 19.7. The molecule has 1 aliphatic heterocycles. The van der Waals surface area contributed by atoms with Crippen molar-refractivity contribution < 1.29 is 19.4 Å². The van der Waals surface area contributed by atoms with Gasteiger partial charge in [-0.2, -0.15) is 0 Å². The Kier molecular flexibility index (Phi) is 6.07. The zero-order valence-electron chi connectivity index (χ0n) is 15.5. The molecule has 1 N–H and O–H groups in total. The van der Waals surface area contributed by atoms with Crippen molar-refractivity contribution in [3.05, 3.63) is 0 Å². The zero-order chi connectivity index (χ0) is 18.0. The second-order valence-electron chi connectivity index (χ2n) is 8.59. The number of nitrogens with zero attached hydrogens (tertiary/aromatic N) is 2. The SMILES string of the molecule is C[C@H]1CN(C(=O)OC(C)(C)C)CCN1C(=O)[C@H](O)CC(C)(C)C. The van der Waals surface area contributed by atoms with E-state index in [4.69, 9.17) is 4.74 Å². The van der Waals surface area contributed by atoms with Gasteiger partial charge in [0.05, 0.1) is 0 Å². The fraction of sp³-hybridized carbons (Fsp3) is 0.882. The molecular weight excluding hydrogens is 296 g/mol. The quantitative estimate of drug-likeness (QED) is 0.844. The maximum Gasteiger partial charge on any atom is 0.410 e. The molecule has 1 saturated heterocycles. The molecule has 134 valence electrons. The smallest absolute Gasteiger partial charge is 0.410 e. The van der Waals surface area contributed by atoms with Gasteiger partial charge >= 0.3 is 6.09 Å². The number of hydrogen-bond donors (Lipinski definition) is 1. The van der Waals surface area contributed by atoms with Crippen LogP contribution in [0, 0.1) is 5.41 Å². The van der Waals surface area contributed by atoms with Gasteiger partial charge in [0.25, 0.3) is 5.91 Å². The van der Waals surface area contributed by atoms with Gasteiger partial charge in [0.2, 0.25) is 0 Å². The average molecular weight is 328 g/mol. The van der Waals surface area contributed by atoms with Gasteiger partial charge in [-0.15, -0.1) is 0 Å². The van der Waals surface area contributed by atoms with Crippen LogP contribution in [0.4, 0.5) is 4.79 Å². The van der Waals surface area contributed by atoms with Crippen molar-refractivity contribution in [1.82, 2.24) is 9.80 Å². The molecule has 6 nitrogen and oxygen atoms in total. The van der Waals surface area contributed by atoms with E-state index in [1.54, 1.807) is 9.80 Å². The molecule has 0 aromatic carbocycles. The Hall–Kier alpha value is -1.30. The fourth-order valence-corrected chi connectivity index (χ4v) is 2.64. The number of carbonyl (C=O) groups is 2. The van der Waals surface area contributed by atoms with Gasteiger partial charge in [0, 0.05) is 25.7 Å². The third kappa shape index (κ3) is 6.37. The molecule has 0 aromatic heterocycles. The van der Waals surface area contributed by atoms with Crippen LogP contribution in [0.5, 0.6) is 0 Å².